The van der Waals surface area contributed by atoms with Crippen LogP contribution in [0.25, 0.3) is 0 Å². The highest BCUT2D eigenvalue weighted by atomic mass is 16.2. The highest BCUT2D eigenvalue weighted by Crippen LogP contribution is 2.19. The van der Waals surface area contributed by atoms with E-state index in [0.717, 1.165) is 34.9 Å². The molecule has 108 valence electrons. The Bertz CT molecular complexity index is 638. The summed E-state index contributed by atoms with van der Waals surface area (Å²) in [5.74, 6) is 0.686. The van der Waals surface area contributed by atoms with Crippen LogP contribution in [0.3, 0.4) is 0 Å². The summed E-state index contributed by atoms with van der Waals surface area (Å²) >= 11 is 0. The first kappa shape index (κ1) is 14.3. The van der Waals surface area contributed by atoms with Gasteiger partial charge < -0.3 is 5.32 Å². The van der Waals surface area contributed by atoms with Crippen LogP contribution >= 0.6 is 0 Å². The molecule has 0 saturated heterocycles. The van der Waals surface area contributed by atoms with E-state index in [1.807, 2.05) is 33.9 Å². The monoisotopic (exact) mass is 275 g/mol. The van der Waals surface area contributed by atoms with Crippen LogP contribution in [0.4, 0.5) is 5.82 Å². The molecule has 0 aliphatic heterocycles. The molecule has 0 radical (unpaired) electrons. The summed E-state index contributed by atoms with van der Waals surface area (Å²) < 4.78 is 3.42. The van der Waals surface area contributed by atoms with Gasteiger partial charge in [-0.3, -0.25) is 14.2 Å². The van der Waals surface area contributed by atoms with E-state index in [2.05, 4.69) is 22.4 Å². The van der Waals surface area contributed by atoms with Gasteiger partial charge in [-0.15, -0.1) is 0 Å². The highest BCUT2D eigenvalue weighted by Gasteiger charge is 2.15. The van der Waals surface area contributed by atoms with E-state index in [4.69, 9.17) is 0 Å². The number of hydrogen-bond donors (Lipinski definition) is 1. The van der Waals surface area contributed by atoms with Gasteiger partial charge in [-0.1, -0.05) is 6.92 Å². The Morgan fingerprint density at radius 1 is 1.30 bits per heavy atom. The molecule has 2 aromatic heterocycles. The lowest BCUT2D eigenvalue weighted by Crippen LogP contribution is -2.22. The zero-order valence-corrected chi connectivity index (χ0v) is 12.7. The molecule has 6 heteroatoms. The molecule has 1 amide bonds. The summed E-state index contributed by atoms with van der Waals surface area (Å²) in [4.78, 5) is 12.2. The fourth-order valence-corrected chi connectivity index (χ4v) is 2.42. The first-order valence-corrected chi connectivity index (χ1v) is 6.75. The van der Waals surface area contributed by atoms with Crippen molar-refractivity contribution in [2.75, 3.05) is 5.32 Å². The fourth-order valence-electron chi connectivity index (χ4n) is 2.42. The molecule has 0 spiro atoms. The minimum Gasteiger partial charge on any atom is -0.309 e. The van der Waals surface area contributed by atoms with Gasteiger partial charge in [-0.2, -0.15) is 10.2 Å². The Morgan fingerprint density at radius 2 is 2.00 bits per heavy atom. The third kappa shape index (κ3) is 2.74. The number of rotatable bonds is 4. The number of carbonyl (C=O) groups excluding carboxylic acids is 1. The third-order valence-corrected chi connectivity index (χ3v) is 3.35. The van der Waals surface area contributed by atoms with E-state index >= 15 is 0 Å². The third-order valence-electron chi connectivity index (χ3n) is 3.35. The maximum atomic E-state index is 12.2. The van der Waals surface area contributed by atoms with Crippen LogP contribution in [-0.4, -0.2) is 25.5 Å². The molecule has 2 rings (SSSR count). The Morgan fingerprint density at radius 3 is 2.55 bits per heavy atom. The molecule has 6 nitrogen and oxygen atoms in total. The van der Waals surface area contributed by atoms with Crippen molar-refractivity contribution in [1.29, 1.82) is 0 Å². The van der Waals surface area contributed by atoms with Gasteiger partial charge in [-0.05, 0) is 33.3 Å². The predicted molar refractivity (Wildman–Crippen MR) is 77.7 cm³/mol. The fraction of sp³-hybridized carbons (Fsp3) is 0.500. The van der Waals surface area contributed by atoms with Crippen molar-refractivity contribution in [2.24, 2.45) is 7.05 Å². The van der Waals surface area contributed by atoms with Crippen molar-refractivity contribution >= 4 is 11.7 Å². The second-order valence-corrected chi connectivity index (χ2v) is 5.02. The molecule has 0 saturated carbocycles. The lowest BCUT2D eigenvalue weighted by atomic mass is 10.2. The molecule has 0 unspecified atom stereocenters. The van der Waals surface area contributed by atoms with Crippen molar-refractivity contribution in [2.45, 2.75) is 40.7 Å². The Kier molecular flexibility index (Phi) is 3.92. The van der Waals surface area contributed by atoms with Crippen LogP contribution in [-0.2, 0) is 24.8 Å². The van der Waals surface area contributed by atoms with Crippen LogP contribution in [0.15, 0.2) is 6.07 Å². The summed E-state index contributed by atoms with van der Waals surface area (Å²) in [6.07, 6.45) is 0.842. The molecular weight excluding hydrogens is 254 g/mol. The molecular formula is C14H21N5O. The molecule has 0 bridgehead atoms. The number of hydrogen-bond acceptors (Lipinski definition) is 3. The summed E-state index contributed by atoms with van der Waals surface area (Å²) in [6, 6.07) is 1.96. The first-order valence-electron chi connectivity index (χ1n) is 6.75. The molecule has 0 fully saturated rings. The summed E-state index contributed by atoms with van der Waals surface area (Å²) in [5.41, 5.74) is 3.93. The number of nitrogens with one attached hydrogen (secondary N) is 1. The minimum atomic E-state index is -0.0890. The maximum absolute atomic E-state index is 12.2. The normalized spacial score (nSPS) is 10.8. The topological polar surface area (TPSA) is 64.7 Å². The Hall–Kier alpha value is -2.11. The van der Waals surface area contributed by atoms with E-state index in [0.29, 0.717) is 0 Å². The zero-order valence-electron chi connectivity index (χ0n) is 12.7. The molecule has 2 heterocycles. The summed E-state index contributed by atoms with van der Waals surface area (Å²) in [5, 5.41) is 11.6. The largest absolute Gasteiger partial charge is 0.309 e. The second kappa shape index (κ2) is 5.48. The van der Waals surface area contributed by atoms with E-state index < -0.39 is 0 Å². The van der Waals surface area contributed by atoms with Crippen molar-refractivity contribution in [1.82, 2.24) is 19.6 Å². The lowest BCUT2D eigenvalue weighted by molar-refractivity contribution is -0.117. The van der Waals surface area contributed by atoms with Crippen molar-refractivity contribution in [3.05, 3.63) is 28.7 Å². The van der Waals surface area contributed by atoms with Gasteiger partial charge in [0, 0.05) is 18.3 Å². The highest BCUT2D eigenvalue weighted by molar-refractivity contribution is 5.90. The zero-order chi connectivity index (χ0) is 14.9. The van der Waals surface area contributed by atoms with E-state index in [-0.39, 0.29) is 12.5 Å². The van der Waals surface area contributed by atoms with Gasteiger partial charge in [0.15, 0.2) is 0 Å². The second-order valence-electron chi connectivity index (χ2n) is 5.02. The van der Waals surface area contributed by atoms with Gasteiger partial charge in [0.05, 0.1) is 11.4 Å². The average Bonchev–Trinajstić information content (AvgIpc) is 2.79. The number of amides is 1. The maximum Gasteiger partial charge on any atom is 0.247 e. The van der Waals surface area contributed by atoms with Crippen molar-refractivity contribution in [3.8, 4) is 0 Å². The smallest absolute Gasteiger partial charge is 0.247 e. The van der Waals surface area contributed by atoms with Crippen molar-refractivity contribution in [3.63, 3.8) is 0 Å². The number of aryl methyl sites for hydroxylation is 4. The number of carbonyl (C=O) groups is 1. The van der Waals surface area contributed by atoms with Crippen LogP contribution in [0, 0.1) is 20.8 Å². The van der Waals surface area contributed by atoms with Gasteiger partial charge >= 0.3 is 0 Å². The van der Waals surface area contributed by atoms with Gasteiger partial charge in [0.1, 0.15) is 12.4 Å². The first-order chi connectivity index (χ1) is 9.42. The van der Waals surface area contributed by atoms with Crippen LogP contribution < -0.4 is 5.32 Å². The van der Waals surface area contributed by atoms with Gasteiger partial charge in [0.2, 0.25) is 5.91 Å². The summed E-state index contributed by atoms with van der Waals surface area (Å²) in [7, 11) is 1.84. The number of anilines is 1. The van der Waals surface area contributed by atoms with E-state index in [1.54, 1.807) is 9.36 Å². The SMILES string of the molecule is CCc1c(C)nn(C)c1NC(=O)Cn1nc(C)cc1C. The Balaban J connectivity index is 2.14. The van der Waals surface area contributed by atoms with Crippen molar-refractivity contribution < 1.29 is 4.79 Å². The lowest BCUT2D eigenvalue weighted by Gasteiger charge is -2.09. The average molecular weight is 275 g/mol. The van der Waals surface area contributed by atoms with Gasteiger partial charge in [-0.25, -0.2) is 0 Å². The molecule has 2 aromatic rings. The molecule has 0 atom stereocenters. The van der Waals surface area contributed by atoms with Crippen LogP contribution in [0.1, 0.15) is 29.6 Å². The molecule has 0 aromatic carbocycles. The molecule has 0 aliphatic carbocycles. The van der Waals surface area contributed by atoms with Crippen LogP contribution in [0.5, 0.6) is 0 Å². The quantitative estimate of drug-likeness (QED) is 0.924. The molecule has 0 aliphatic rings. The summed E-state index contributed by atoms with van der Waals surface area (Å²) in [6.45, 7) is 8.09. The Labute approximate surface area is 118 Å². The molecule has 20 heavy (non-hydrogen) atoms. The number of aromatic nitrogens is 4. The van der Waals surface area contributed by atoms with E-state index in [1.165, 1.54) is 0 Å². The predicted octanol–water partition coefficient (Wildman–Crippen LogP) is 1.74. The minimum absolute atomic E-state index is 0.0890. The van der Waals surface area contributed by atoms with E-state index in [9.17, 15) is 4.79 Å². The van der Waals surface area contributed by atoms with Gasteiger partial charge in [0.25, 0.3) is 0 Å². The number of nitrogens with zero attached hydrogens (tertiary/aromatic N) is 4. The molecule has 1 N–H and O–H groups in total. The van der Waals surface area contributed by atoms with Crippen LogP contribution in [0.2, 0.25) is 0 Å². The standard InChI is InChI=1S/C14H21N5O/c1-6-12-11(4)17-18(5)14(12)15-13(20)8-19-10(3)7-9(2)16-19/h7H,6,8H2,1-5H3,(H,15,20).